The van der Waals surface area contributed by atoms with Crippen LogP contribution in [0, 0.1) is 23.2 Å². The van der Waals surface area contributed by atoms with Crippen molar-refractivity contribution in [3.63, 3.8) is 0 Å². The Bertz CT molecular complexity index is 254. The van der Waals surface area contributed by atoms with Crippen LogP contribution in [0.3, 0.4) is 0 Å². The van der Waals surface area contributed by atoms with E-state index in [1.807, 2.05) is 0 Å². The maximum absolute atomic E-state index is 8.74. The minimum atomic E-state index is 0.589. The van der Waals surface area contributed by atoms with Gasteiger partial charge in [-0.3, -0.25) is 4.90 Å². The van der Waals surface area contributed by atoms with Crippen LogP contribution in [0.25, 0.3) is 0 Å². The highest BCUT2D eigenvalue weighted by molar-refractivity contribution is 4.87. The average Bonchev–Trinajstić information content (AvgIpc) is 2.14. The van der Waals surface area contributed by atoms with Crippen LogP contribution in [-0.4, -0.2) is 37.1 Å². The van der Waals surface area contributed by atoms with E-state index in [1.165, 1.54) is 32.2 Å². The van der Waals surface area contributed by atoms with E-state index in [-0.39, 0.29) is 0 Å². The zero-order valence-corrected chi connectivity index (χ0v) is 10.3. The summed E-state index contributed by atoms with van der Waals surface area (Å²) in [6, 6.07) is 2.87. The fourth-order valence-electron chi connectivity index (χ4n) is 2.87. The number of nitrogens with one attached hydrogen (secondary N) is 1. The average molecular weight is 221 g/mol. The van der Waals surface area contributed by atoms with Gasteiger partial charge in [-0.1, -0.05) is 13.3 Å². The van der Waals surface area contributed by atoms with Crippen molar-refractivity contribution in [3.8, 4) is 6.07 Å². The highest BCUT2D eigenvalue weighted by Crippen LogP contribution is 2.26. The van der Waals surface area contributed by atoms with Crippen LogP contribution in [0.2, 0.25) is 0 Å². The molecule has 0 radical (unpaired) electrons. The summed E-state index contributed by atoms with van der Waals surface area (Å²) >= 11 is 0. The molecule has 0 spiro atoms. The van der Waals surface area contributed by atoms with Gasteiger partial charge in [-0.05, 0) is 37.6 Å². The molecule has 1 aliphatic heterocycles. The third-order valence-corrected chi connectivity index (χ3v) is 3.95. The highest BCUT2D eigenvalue weighted by atomic mass is 15.2. The number of piperidine rings is 1. The predicted octanol–water partition coefficient (Wildman–Crippen LogP) is 1.61. The maximum atomic E-state index is 8.74. The van der Waals surface area contributed by atoms with Crippen molar-refractivity contribution < 1.29 is 0 Å². The Labute approximate surface area is 98.8 Å². The first kappa shape index (κ1) is 11.9. The number of hydrogen-bond acceptors (Lipinski definition) is 3. The van der Waals surface area contributed by atoms with Gasteiger partial charge in [0.25, 0.3) is 0 Å². The third kappa shape index (κ3) is 3.20. The predicted molar refractivity (Wildman–Crippen MR) is 65.0 cm³/mol. The van der Waals surface area contributed by atoms with Gasteiger partial charge in [0.05, 0.1) is 12.6 Å². The molecule has 0 bridgehead atoms. The molecule has 1 saturated carbocycles. The van der Waals surface area contributed by atoms with E-state index >= 15 is 0 Å². The number of hydrogen-bond donors (Lipinski definition) is 1. The minimum absolute atomic E-state index is 0.589. The molecule has 90 valence electrons. The van der Waals surface area contributed by atoms with E-state index in [4.69, 9.17) is 5.26 Å². The molecule has 3 nitrogen and oxygen atoms in total. The van der Waals surface area contributed by atoms with Gasteiger partial charge in [0.2, 0.25) is 0 Å². The van der Waals surface area contributed by atoms with Crippen LogP contribution in [-0.2, 0) is 0 Å². The number of nitrogens with zero attached hydrogens (tertiary/aromatic N) is 2. The van der Waals surface area contributed by atoms with Crippen molar-refractivity contribution in [1.29, 1.82) is 5.26 Å². The van der Waals surface area contributed by atoms with E-state index in [2.05, 4.69) is 23.2 Å². The third-order valence-electron chi connectivity index (χ3n) is 3.95. The second-order valence-corrected chi connectivity index (χ2v) is 5.60. The topological polar surface area (TPSA) is 39.1 Å². The Kier molecular flexibility index (Phi) is 4.20. The first-order chi connectivity index (χ1) is 7.78. The molecule has 1 heterocycles. The standard InChI is InChI=1S/C13H23N3/c1-11-7-13(10-16(9-11)6-5-14)15-8-12-3-2-4-12/h11-13,15H,2-4,6-10H2,1H3. The van der Waals surface area contributed by atoms with Gasteiger partial charge in [0.15, 0.2) is 0 Å². The molecule has 2 rings (SSSR count). The Morgan fingerprint density at radius 2 is 2.19 bits per heavy atom. The molecule has 1 saturated heterocycles. The van der Waals surface area contributed by atoms with Crippen molar-refractivity contribution in [2.45, 2.75) is 38.6 Å². The van der Waals surface area contributed by atoms with Gasteiger partial charge in [0, 0.05) is 19.1 Å². The summed E-state index contributed by atoms with van der Waals surface area (Å²) < 4.78 is 0. The van der Waals surface area contributed by atoms with E-state index in [0.29, 0.717) is 12.6 Å². The molecular formula is C13H23N3. The number of nitriles is 1. The molecule has 2 fully saturated rings. The summed E-state index contributed by atoms with van der Waals surface area (Å²) in [5.74, 6) is 1.66. The molecule has 0 aromatic rings. The molecule has 0 aromatic carbocycles. The molecule has 16 heavy (non-hydrogen) atoms. The summed E-state index contributed by atoms with van der Waals surface area (Å²) in [5.41, 5.74) is 0. The lowest BCUT2D eigenvalue weighted by Gasteiger charge is -2.37. The summed E-state index contributed by atoms with van der Waals surface area (Å²) in [6.45, 7) is 6.23. The summed E-state index contributed by atoms with van der Waals surface area (Å²) in [4.78, 5) is 2.28. The van der Waals surface area contributed by atoms with Crippen LogP contribution < -0.4 is 5.32 Å². The lowest BCUT2D eigenvalue weighted by Crippen LogP contribution is -2.50. The number of rotatable bonds is 4. The second-order valence-electron chi connectivity index (χ2n) is 5.60. The normalized spacial score (nSPS) is 32.0. The van der Waals surface area contributed by atoms with Gasteiger partial charge < -0.3 is 5.32 Å². The summed E-state index contributed by atoms with van der Waals surface area (Å²) in [6.07, 6.45) is 5.52. The molecule has 3 heteroatoms. The number of likely N-dealkylation sites (tertiary alicyclic amines) is 1. The molecule has 2 atom stereocenters. The smallest absolute Gasteiger partial charge is 0.0866 e. The largest absolute Gasteiger partial charge is 0.312 e. The van der Waals surface area contributed by atoms with Crippen molar-refractivity contribution in [3.05, 3.63) is 0 Å². The zero-order valence-electron chi connectivity index (χ0n) is 10.3. The van der Waals surface area contributed by atoms with E-state index in [0.717, 1.165) is 24.9 Å². The molecule has 1 aliphatic carbocycles. The monoisotopic (exact) mass is 221 g/mol. The molecule has 2 aliphatic rings. The van der Waals surface area contributed by atoms with Crippen LogP contribution in [0.15, 0.2) is 0 Å². The first-order valence-corrected chi connectivity index (χ1v) is 6.60. The second kappa shape index (κ2) is 5.65. The van der Waals surface area contributed by atoms with Crippen molar-refractivity contribution >= 4 is 0 Å². The first-order valence-electron chi connectivity index (χ1n) is 6.60. The van der Waals surface area contributed by atoms with Crippen LogP contribution in [0.1, 0.15) is 32.6 Å². The van der Waals surface area contributed by atoms with E-state index in [9.17, 15) is 0 Å². The molecule has 2 unspecified atom stereocenters. The Morgan fingerprint density at radius 3 is 2.81 bits per heavy atom. The summed E-state index contributed by atoms with van der Waals surface area (Å²) in [5, 5.41) is 12.4. The lowest BCUT2D eigenvalue weighted by molar-refractivity contribution is 0.156. The van der Waals surface area contributed by atoms with Gasteiger partial charge in [0.1, 0.15) is 0 Å². The van der Waals surface area contributed by atoms with Gasteiger partial charge in [-0.2, -0.15) is 5.26 Å². The van der Waals surface area contributed by atoms with Gasteiger partial charge in [-0.25, -0.2) is 0 Å². The molecule has 0 amide bonds. The van der Waals surface area contributed by atoms with Crippen molar-refractivity contribution in [2.75, 3.05) is 26.2 Å². The Hall–Kier alpha value is -0.590. The fraction of sp³-hybridized carbons (Fsp3) is 0.923. The highest BCUT2D eigenvalue weighted by Gasteiger charge is 2.25. The maximum Gasteiger partial charge on any atom is 0.0866 e. The van der Waals surface area contributed by atoms with Gasteiger partial charge in [-0.15, -0.1) is 0 Å². The summed E-state index contributed by atoms with van der Waals surface area (Å²) in [7, 11) is 0. The quantitative estimate of drug-likeness (QED) is 0.733. The SMILES string of the molecule is CC1CC(NCC2CCC2)CN(CC#N)C1. The zero-order chi connectivity index (χ0) is 11.4. The lowest BCUT2D eigenvalue weighted by atomic mass is 9.85. The molecule has 1 N–H and O–H groups in total. The molecule has 0 aromatic heterocycles. The fourth-order valence-corrected chi connectivity index (χ4v) is 2.87. The Balaban J connectivity index is 1.72. The van der Waals surface area contributed by atoms with Crippen molar-refractivity contribution in [1.82, 2.24) is 10.2 Å². The van der Waals surface area contributed by atoms with Crippen molar-refractivity contribution in [2.24, 2.45) is 11.8 Å². The minimum Gasteiger partial charge on any atom is -0.312 e. The van der Waals surface area contributed by atoms with E-state index in [1.54, 1.807) is 0 Å². The van der Waals surface area contributed by atoms with E-state index < -0.39 is 0 Å². The van der Waals surface area contributed by atoms with Gasteiger partial charge >= 0.3 is 0 Å². The van der Waals surface area contributed by atoms with Crippen LogP contribution in [0.4, 0.5) is 0 Å². The van der Waals surface area contributed by atoms with Crippen LogP contribution >= 0.6 is 0 Å². The Morgan fingerprint density at radius 1 is 1.38 bits per heavy atom. The molecular weight excluding hydrogens is 198 g/mol. The van der Waals surface area contributed by atoms with Crippen LogP contribution in [0.5, 0.6) is 0 Å².